The van der Waals surface area contributed by atoms with Crippen molar-refractivity contribution in [2.75, 3.05) is 0 Å². The highest BCUT2D eigenvalue weighted by Gasteiger charge is 2.38. The molecule has 0 unspecified atom stereocenters. The Hall–Kier alpha value is -6.54. The molecule has 0 aliphatic heterocycles. The molecule has 10 aromatic carbocycles. The summed E-state index contributed by atoms with van der Waals surface area (Å²) in [6.45, 7) is 4.84. The predicted octanol–water partition coefficient (Wildman–Crippen LogP) is 16.0. The minimum absolute atomic E-state index is 0.112. The van der Waals surface area contributed by atoms with Crippen LogP contribution >= 0.6 is 11.3 Å². The molecule has 1 aromatic heterocycles. The Morgan fingerprint density at radius 1 is 0.357 bits per heavy atom. The van der Waals surface area contributed by atoms with E-state index >= 15 is 0 Å². The lowest BCUT2D eigenvalue weighted by Crippen LogP contribution is -2.15. The second kappa shape index (κ2) is 11.7. The number of benzene rings is 10. The lowest BCUT2D eigenvalue weighted by molar-refractivity contribution is 0.667. The largest absolute Gasteiger partial charge is 0.134 e. The van der Waals surface area contributed by atoms with Crippen LogP contribution < -0.4 is 0 Å². The third-order valence-corrected chi connectivity index (χ3v) is 13.9. The van der Waals surface area contributed by atoms with Gasteiger partial charge in [0, 0.05) is 25.6 Å². The third kappa shape index (κ3) is 4.29. The van der Waals surface area contributed by atoms with E-state index in [1.54, 1.807) is 0 Å². The standard InChI is InChI=1S/C55H36S/c1-55(2)48-27-15-14-22-39(48)47-32-46(51-45-29-28-33-16-6-7-19-35(33)53(45)56-54(51)52(47)55)38-30-31-44(37-21-9-8-20-36(37)38)50-42-25-12-10-23-40(42)49(34-17-4-3-5-18-34)41-24-11-13-26-43(41)50/h3-32H,1-2H3. The van der Waals surface area contributed by atoms with E-state index in [-0.39, 0.29) is 5.41 Å². The zero-order valence-electron chi connectivity index (χ0n) is 31.2. The molecule has 0 amide bonds. The fourth-order valence-corrected chi connectivity index (χ4v) is 11.8. The molecule has 11 aromatic rings. The molecule has 0 saturated carbocycles. The molecule has 1 heterocycles. The summed E-state index contributed by atoms with van der Waals surface area (Å²) in [5, 5.41) is 13.0. The molecule has 1 aliphatic carbocycles. The summed E-state index contributed by atoms with van der Waals surface area (Å²) in [7, 11) is 0. The van der Waals surface area contributed by atoms with Gasteiger partial charge in [-0.3, -0.25) is 0 Å². The van der Waals surface area contributed by atoms with E-state index in [0.29, 0.717) is 0 Å². The molecule has 0 saturated heterocycles. The molecule has 0 nitrogen and oxygen atoms in total. The van der Waals surface area contributed by atoms with Crippen LogP contribution in [0.2, 0.25) is 0 Å². The summed E-state index contributed by atoms with van der Waals surface area (Å²) in [5.41, 5.74) is 13.2. The monoisotopic (exact) mass is 728 g/mol. The fraction of sp³-hybridized carbons (Fsp3) is 0.0545. The second-order valence-electron chi connectivity index (χ2n) is 15.9. The normalized spacial score (nSPS) is 13.3. The molecule has 0 atom stereocenters. The number of fused-ring (bicyclic) bond motifs is 12. The molecule has 1 heteroatoms. The summed E-state index contributed by atoms with van der Waals surface area (Å²) in [5.74, 6) is 0. The van der Waals surface area contributed by atoms with Crippen LogP contribution in [-0.4, -0.2) is 0 Å². The van der Waals surface area contributed by atoms with E-state index in [9.17, 15) is 0 Å². The topological polar surface area (TPSA) is 0 Å². The summed E-state index contributed by atoms with van der Waals surface area (Å²) in [6.07, 6.45) is 0. The van der Waals surface area contributed by atoms with Gasteiger partial charge in [0.25, 0.3) is 0 Å². The average Bonchev–Trinajstić information content (AvgIpc) is 3.75. The summed E-state index contributed by atoms with van der Waals surface area (Å²) >= 11 is 1.99. The minimum Gasteiger partial charge on any atom is -0.134 e. The Bertz CT molecular complexity index is 3380. The zero-order valence-corrected chi connectivity index (χ0v) is 32.0. The molecule has 56 heavy (non-hydrogen) atoms. The molecule has 0 bridgehead atoms. The van der Waals surface area contributed by atoms with Gasteiger partial charge in [0.1, 0.15) is 0 Å². The predicted molar refractivity (Wildman–Crippen MR) is 243 cm³/mol. The summed E-state index contributed by atoms with van der Waals surface area (Å²) in [4.78, 5) is 0. The van der Waals surface area contributed by atoms with E-state index < -0.39 is 0 Å². The lowest BCUT2D eigenvalue weighted by Gasteiger charge is -2.23. The molecule has 0 N–H and O–H groups in total. The number of hydrogen-bond donors (Lipinski definition) is 0. The van der Waals surface area contributed by atoms with Gasteiger partial charge in [-0.25, -0.2) is 0 Å². The molecular formula is C55H36S. The highest BCUT2D eigenvalue weighted by molar-refractivity contribution is 7.27. The first kappa shape index (κ1) is 31.8. The number of rotatable bonds is 3. The van der Waals surface area contributed by atoms with Gasteiger partial charge in [-0.15, -0.1) is 11.3 Å². The first-order valence-corrected chi connectivity index (χ1v) is 20.4. The number of thiophene rings is 1. The molecule has 262 valence electrons. The Morgan fingerprint density at radius 2 is 0.911 bits per heavy atom. The van der Waals surface area contributed by atoms with Crippen molar-refractivity contribution in [2.24, 2.45) is 0 Å². The smallest absolute Gasteiger partial charge is 0.0434 e. The van der Waals surface area contributed by atoms with Crippen molar-refractivity contribution in [1.82, 2.24) is 0 Å². The summed E-state index contributed by atoms with van der Waals surface area (Å²) in [6, 6.07) is 68.0. The quantitative estimate of drug-likeness (QED) is 0.159. The van der Waals surface area contributed by atoms with E-state index in [1.807, 2.05) is 11.3 Å². The maximum atomic E-state index is 2.54. The molecule has 0 spiro atoms. The highest BCUT2D eigenvalue weighted by atomic mass is 32.1. The molecule has 1 aliphatic rings. The highest BCUT2D eigenvalue weighted by Crippen LogP contribution is 2.57. The van der Waals surface area contributed by atoms with Crippen molar-refractivity contribution in [3.63, 3.8) is 0 Å². The van der Waals surface area contributed by atoms with Gasteiger partial charge < -0.3 is 0 Å². The van der Waals surface area contributed by atoms with E-state index in [1.165, 1.54) is 119 Å². The van der Waals surface area contributed by atoms with Crippen LogP contribution in [0, 0.1) is 0 Å². The lowest BCUT2D eigenvalue weighted by atomic mass is 9.80. The fourth-order valence-electron chi connectivity index (χ4n) is 10.2. The Balaban J connectivity index is 1.20. The van der Waals surface area contributed by atoms with Gasteiger partial charge in [0.2, 0.25) is 0 Å². The first-order valence-electron chi connectivity index (χ1n) is 19.6. The van der Waals surface area contributed by atoms with Crippen molar-refractivity contribution < 1.29 is 0 Å². The molecule has 0 fully saturated rings. The Morgan fingerprint density at radius 3 is 1.62 bits per heavy atom. The maximum absolute atomic E-state index is 2.54. The number of hydrogen-bond acceptors (Lipinski definition) is 1. The van der Waals surface area contributed by atoms with Crippen LogP contribution in [0.5, 0.6) is 0 Å². The van der Waals surface area contributed by atoms with Crippen molar-refractivity contribution in [1.29, 1.82) is 0 Å². The van der Waals surface area contributed by atoms with E-state index in [4.69, 9.17) is 0 Å². The van der Waals surface area contributed by atoms with E-state index in [2.05, 4.69) is 196 Å². The molecular weight excluding hydrogens is 693 g/mol. The van der Waals surface area contributed by atoms with Gasteiger partial charge in [-0.2, -0.15) is 0 Å². The van der Waals surface area contributed by atoms with Crippen molar-refractivity contribution >= 4 is 74.6 Å². The second-order valence-corrected chi connectivity index (χ2v) is 16.9. The molecule has 0 radical (unpaired) electrons. The van der Waals surface area contributed by atoms with Crippen LogP contribution in [0.15, 0.2) is 182 Å². The summed E-state index contributed by atoms with van der Waals surface area (Å²) < 4.78 is 2.78. The van der Waals surface area contributed by atoms with Gasteiger partial charge in [-0.05, 0) is 105 Å². The van der Waals surface area contributed by atoms with Gasteiger partial charge in [0.15, 0.2) is 0 Å². The van der Waals surface area contributed by atoms with Gasteiger partial charge in [-0.1, -0.05) is 190 Å². The zero-order chi connectivity index (χ0) is 37.1. The van der Waals surface area contributed by atoms with E-state index in [0.717, 1.165) is 0 Å². The van der Waals surface area contributed by atoms with Gasteiger partial charge in [0.05, 0.1) is 0 Å². The van der Waals surface area contributed by atoms with Crippen LogP contribution in [0.3, 0.4) is 0 Å². The van der Waals surface area contributed by atoms with Gasteiger partial charge >= 0.3 is 0 Å². The minimum atomic E-state index is -0.112. The SMILES string of the molecule is CC1(C)c2ccccc2-c2cc(-c3ccc(-c4c5ccccc5c(-c5ccccc5)c5ccccc45)c4ccccc34)c3c(sc4c5ccccc5ccc43)c21. The Kier molecular flexibility index (Phi) is 6.66. The third-order valence-electron chi connectivity index (χ3n) is 12.6. The van der Waals surface area contributed by atoms with Crippen molar-refractivity contribution in [2.45, 2.75) is 19.3 Å². The average molecular weight is 729 g/mol. The maximum Gasteiger partial charge on any atom is 0.0434 e. The van der Waals surface area contributed by atoms with Crippen LogP contribution in [0.1, 0.15) is 25.0 Å². The Labute approximate surface area is 329 Å². The van der Waals surface area contributed by atoms with Crippen LogP contribution in [0.25, 0.3) is 108 Å². The van der Waals surface area contributed by atoms with Crippen LogP contribution in [0.4, 0.5) is 0 Å². The van der Waals surface area contributed by atoms with Crippen molar-refractivity contribution in [3.8, 4) is 44.5 Å². The van der Waals surface area contributed by atoms with Crippen molar-refractivity contribution in [3.05, 3.63) is 193 Å². The van der Waals surface area contributed by atoms with Crippen LogP contribution in [-0.2, 0) is 5.41 Å². The molecule has 12 rings (SSSR count). The first-order chi connectivity index (χ1) is 27.6.